The van der Waals surface area contributed by atoms with Gasteiger partial charge in [0.15, 0.2) is 0 Å². The van der Waals surface area contributed by atoms with Crippen molar-refractivity contribution in [2.45, 2.75) is 58.7 Å². The van der Waals surface area contributed by atoms with Crippen LogP contribution in [0.4, 0.5) is 0 Å². The SMILES string of the molecule is CC(C)CC(N)C(=O)NCC(=O)NC(C(=O)NC(Cc1ccc(O)cc1)C(=O)O)C(C)C. The molecule has 3 amide bonds. The Bertz CT molecular complexity index is 794. The van der Waals surface area contributed by atoms with Gasteiger partial charge >= 0.3 is 5.97 Å². The summed E-state index contributed by atoms with van der Waals surface area (Å²) < 4.78 is 0. The molecule has 0 heterocycles. The number of hydrogen-bond donors (Lipinski definition) is 6. The fourth-order valence-electron chi connectivity index (χ4n) is 3.00. The van der Waals surface area contributed by atoms with Crippen molar-refractivity contribution >= 4 is 23.7 Å². The van der Waals surface area contributed by atoms with E-state index in [0.717, 1.165) is 0 Å². The maximum atomic E-state index is 12.7. The quantitative estimate of drug-likeness (QED) is 0.263. The van der Waals surface area contributed by atoms with Crippen LogP contribution in [0.3, 0.4) is 0 Å². The Labute approximate surface area is 187 Å². The number of carboxylic acids is 1. The molecule has 0 saturated heterocycles. The number of aliphatic carboxylic acids is 1. The Kier molecular flexibility index (Phi) is 10.6. The van der Waals surface area contributed by atoms with Gasteiger partial charge in [0.05, 0.1) is 12.6 Å². The van der Waals surface area contributed by atoms with E-state index in [1.807, 2.05) is 13.8 Å². The molecule has 1 aromatic rings. The molecule has 0 saturated carbocycles. The predicted molar refractivity (Wildman–Crippen MR) is 119 cm³/mol. The van der Waals surface area contributed by atoms with E-state index in [0.29, 0.717) is 12.0 Å². The summed E-state index contributed by atoms with van der Waals surface area (Å²) in [6, 6.07) is 3.02. The largest absolute Gasteiger partial charge is 0.508 e. The van der Waals surface area contributed by atoms with E-state index in [4.69, 9.17) is 5.73 Å². The highest BCUT2D eigenvalue weighted by atomic mass is 16.4. The molecule has 0 bridgehead atoms. The Morgan fingerprint density at radius 1 is 0.969 bits per heavy atom. The van der Waals surface area contributed by atoms with Gasteiger partial charge in [-0.15, -0.1) is 0 Å². The van der Waals surface area contributed by atoms with Crippen LogP contribution in [0.5, 0.6) is 5.75 Å². The standard InChI is InChI=1S/C22H34N4O6/c1-12(2)9-16(23)20(29)24-11-18(28)26-19(13(3)4)21(30)25-17(22(31)32)10-14-5-7-15(27)8-6-14/h5-8,12-13,16-17,19,27H,9-11,23H2,1-4H3,(H,24,29)(H,25,30)(H,26,28)(H,31,32). The first kappa shape index (κ1) is 26.9. The van der Waals surface area contributed by atoms with Crippen LogP contribution in [0.15, 0.2) is 24.3 Å². The minimum absolute atomic E-state index is 0.00388. The summed E-state index contributed by atoms with van der Waals surface area (Å²) in [5.74, 6) is -2.99. The van der Waals surface area contributed by atoms with Crippen molar-refractivity contribution in [1.29, 1.82) is 0 Å². The number of hydrogen-bond acceptors (Lipinski definition) is 6. The third-order valence-corrected chi connectivity index (χ3v) is 4.74. The van der Waals surface area contributed by atoms with Gasteiger partial charge in [-0.2, -0.15) is 0 Å². The average Bonchev–Trinajstić information content (AvgIpc) is 2.70. The highest BCUT2D eigenvalue weighted by molar-refractivity contribution is 5.92. The molecule has 0 fully saturated rings. The van der Waals surface area contributed by atoms with Crippen LogP contribution in [-0.4, -0.2) is 58.6 Å². The summed E-state index contributed by atoms with van der Waals surface area (Å²) in [4.78, 5) is 48.6. The van der Waals surface area contributed by atoms with Gasteiger partial charge in [-0.3, -0.25) is 14.4 Å². The van der Waals surface area contributed by atoms with E-state index in [1.165, 1.54) is 12.1 Å². The fourth-order valence-corrected chi connectivity index (χ4v) is 3.00. The van der Waals surface area contributed by atoms with Crippen molar-refractivity contribution < 1.29 is 29.4 Å². The van der Waals surface area contributed by atoms with E-state index in [9.17, 15) is 29.4 Å². The van der Waals surface area contributed by atoms with Gasteiger partial charge in [0.1, 0.15) is 17.8 Å². The van der Waals surface area contributed by atoms with Gasteiger partial charge in [0.25, 0.3) is 0 Å². The number of phenolic OH excluding ortho intramolecular Hbond substituents is 1. The lowest BCUT2D eigenvalue weighted by Crippen LogP contribution is -2.55. The minimum atomic E-state index is -1.23. The van der Waals surface area contributed by atoms with Crippen LogP contribution in [0.2, 0.25) is 0 Å². The van der Waals surface area contributed by atoms with Crippen LogP contribution in [-0.2, 0) is 25.6 Å². The monoisotopic (exact) mass is 450 g/mol. The molecular formula is C22H34N4O6. The van der Waals surface area contributed by atoms with Crippen LogP contribution in [0, 0.1) is 11.8 Å². The van der Waals surface area contributed by atoms with Crippen molar-refractivity contribution in [2.24, 2.45) is 17.6 Å². The Morgan fingerprint density at radius 3 is 2.06 bits per heavy atom. The summed E-state index contributed by atoms with van der Waals surface area (Å²) in [6.45, 7) is 6.92. The molecule has 32 heavy (non-hydrogen) atoms. The fraction of sp³-hybridized carbons (Fsp3) is 0.545. The second-order valence-corrected chi connectivity index (χ2v) is 8.51. The molecule has 0 aromatic heterocycles. The number of carbonyl (C=O) groups excluding carboxylic acids is 3. The zero-order valence-corrected chi connectivity index (χ0v) is 18.9. The van der Waals surface area contributed by atoms with Gasteiger partial charge in [0, 0.05) is 6.42 Å². The number of benzene rings is 1. The lowest BCUT2D eigenvalue weighted by Gasteiger charge is -2.24. The van der Waals surface area contributed by atoms with E-state index in [-0.39, 0.29) is 30.6 Å². The minimum Gasteiger partial charge on any atom is -0.508 e. The Hall–Kier alpha value is -3.14. The molecule has 0 aliphatic carbocycles. The number of nitrogens with two attached hydrogens (primary N) is 1. The lowest BCUT2D eigenvalue weighted by molar-refractivity contribution is -0.142. The summed E-state index contributed by atoms with van der Waals surface area (Å²) in [7, 11) is 0. The third kappa shape index (κ3) is 9.34. The smallest absolute Gasteiger partial charge is 0.326 e. The summed E-state index contributed by atoms with van der Waals surface area (Å²) in [5.41, 5.74) is 6.39. The normalized spacial score (nSPS) is 13.8. The van der Waals surface area contributed by atoms with Gasteiger partial charge in [-0.25, -0.2) is 4.79 Å². The summed E-state index contributed by atoms with van der Waals surface area (Å²) >= 11 is 0. The lowest BCUT2D eigenvalue weighted by atomic mass is 10.0. The summed E-state index contributed by atoms with van der Waals surface area (Å²) in [5, 5.41) is 26.3. The highest BCUT2D eigenvalue weighted by Crippen LogP contribution is 2.12. The molecule has 10 heteroatoms. The topological polar surface area (TPSA) is 171 Å². The second-order valence-electron chi connectivity index (χ2n) is 8.51. The van der Waals surface area contributed by atoms with Crippen molar-refractivity contribution in [3.05, 3.63) is 29.8 Å². The first-order valence-corrected chi connectivity index (χ1v) is 10.5. The Morgan fingerprint density at radius 2 is 1.56 bits per heavy atom. The van der Waals surface area contributed by atoms with E-state index in [2.05, 4.69) is 16.0 Å². The molecule has 7 N–H and O–H groups in total. The molecule has 0 radical (unpaired) electrons. The van der Waals surface area contributed by atoms with Crippen LogP contribution < -0.4 is 21.7 Å². The molecule has 0 aliphatic rings. The first-order valence-electron chi connectivity index (χ1n) is 10.5. The number of carboxylic acid groups (broad SMARTS) is 1. The molecule has 1 rings (SSSR count). The number of phenols is 1. The van der Waals surface area contributed by atoms with Gasteiger partial charge < -0.3 is 31.9 Å². The zero-order valence-electron chi connectivity index (χ0n) is 18.9. The number of amides is 3. The first-order chi connectivity index (χ1) is 14.9. The zero-order chi connectivity index (χ0) is 24.4. The van der Waals surface area contributed by atoms with Crippen LogP contribution >= 0.6 is 0 Å². The number of rotatable bonds is 12. The van der Waals surface area contributed by atoms with E-state index in [1.54, 1.807) is 26.0 Å². The molecule has 3 atom stereocenters. The number of aromatic hydroxyl groups is 1. The maximum Gasteiger partial charge on any atom is 0.326 e. The van der Waals surface area contributed by atoms with Gasteiger partial charge in [-0.05, 0) is 36.0 Å². The molecule has 10 nitrogen and oxygen atoms in total. The second kappa shape index (κ2) is 12.7. The number of carbonyl (C=O) groups is 4. The van der Waals surface area contributed by atoms with Crippen LogP contribution in [0.25, 0.3) is 0 Å². The molecule has 0 aliphatic heterocycles. The van der Waals surface area contributed by atoms with Crippen LogP contribution in [0.1, 0.15) is 39.7 Å². The van der Waals surface area contributed by atoms with Crippen molar-refractivity contribution in [3.63, 3.8) is 0 Å². The van der Waals surface area contributed by atoms with Gasteiger partial charge in [-0.1, -0.05) is 39.8 Å². The third-order valence-electron chi connectivity index (χ3n) is 4.74. The van der Waals surface area contributed by atoms with Crippen molar-refractivity contribution in [3.8, 4) is 5.75 Å². The Balaban J connectivity index is 2.70. The molecule has 1 aromatic carbocycles. The maximum absolute atomic E-state index is 12.7. The van der Waals surface area contributed by atoms with E-state index >= 15 is 0 Å². The molecule has 0 spiro atoms. The predicted octanol–water partition coefficient (Wildman–Crippen LogP) is 0.135. The van der Waals surface area contributed by atoms with Crippen molar-refractivity contribution in [2.75, 3.05) is 6.54 Å². The highest BCUT2D eigenvalue weighted by Gasteiger charge is 2.29. The van der Waals surface area contributed by atoms with Crippen molar-refractivity contribution in [1.82, 2.24) is 16.0 Å². The average molecular weight is 451 g/mol. The van der Waals surface area contributed by atoms with Gasteiger partial charge in [0.2, 0.25) is 17.7 Å². The molecule has 3 unspecified atom stereocenters. The molecule has 178 valence electrons. The summed E-state index contributed by atoms with van der Waals surface area (Å²) in [6.07, 6.45) is 0.478. The number of nitrogens with one attached hydrogen (secondary N) is 3. The molecular weight excluding hydrogens is 416 g/mol. The van der Waals surface area contributed by atoms with E-state index < -0.39 is 41.8 Å².